The van der Waals surface area contributed by atoms with E-state index < -0.39 is 5.95 Å². The van der Waals surface area contributed by atoms with E-state index >= 15 is 0 Å². The molecule has 3 atom stereocenters. The minimum absolute atomic E-state index is 0. The molecule has 2 aliphatic rings. The summed E-state index contributed by atoms with van der Waals surface area (Å²) in [5.41, 5.74) is 1.67. The first-order valence-electron chi connectivity index (χ1n) is 11.8. The Labute approximate surface area is 205 Å². The van der Waals surface area contributed by atoms with Crippen LogP contribution in [0.5, 0.6) is 5.75 Å². The number of aromatic nitrogens is 4. The van der Waals surface area contributed by atoms with Crippen molar-refractivity contribution in [3.63, 3.8) is 0 Å². The van der Waals surface area contributed by atoms with Crippen molar-refractivity contribution in [3.05, 3.63) is 30.5 Å². The van der Waals surface area contributed by atoms with Crippen LogP contribution in [0.15, 0.2) is 24.5 Å². The van der Waals surface area contributed by atoms with Gasteiger partial charge in [0.05, 0.1) is 34.3 Å². The van der Waals surface area contributed by atoms with Crippen molar-refractivity contribution in [2.45, 2.75) is 78.2 Å². The molecule has 2 aliphatic heterocycles. The quantitative estimate of drug-likeness (QED) is 0.570. The predicted octanol–water partition coefficient (Wildman–Crippen LogP) is 4.63. The van der Waals surface area contributed by atoms with Gasteiger partial charge in [0.1, 0.15) is 11.9 Å². The minimum atomic E-state index is -0.452. The summed E-state index contributed by atoms with van der Waals surface area (Å²) in [6.45, 7) is 10.8. The van der Waals surface area contributed by atoms with Gasteiger partial charge < -0.3 is 14.8 Å². The number of carbonyl (C=O) groups excluding carboxylic acids is 1. The highest BCUT2D eigenvalue weighted by molar-refractivity contribution is 5.90. The van der Waals surface area contributed by atoms with Gasteiger partial charge in [-0.25, -0.2) is 4.68 Å². The molecule has 0 radical (unpaired) electrons. The normalized spacial score (nSPS) is 23.8. The highest BCUT2D eigenvalue weighted by atomic mass is 19.1. The number of carbonyl (C=O) groups is 1. The fraction of sp³-hybridized carbons (Fsp3) is 0.577. The lowest BCUT2D eigenvalue weighted by Gasteiger charge is -2.27. The van der Waals surface area contributed by atoms with E-state index in [1.807, 2.05) is 36.1 Å². The molecule has 1 N–H and O–H groups in total. The molecule has 0 spiro atoms. The largest absolute Gasteiger partial charge is 0.489 e. The maximum Gasteiger partial charge on any atom is 0.222 e. The molecular weight excluding hydrogens is 449 g/mol. The van der Waals surface area contributed by atoms with E-state index in [2.05, 4.69) is 43.2 Å². The number of benzene rings is 1. The summed E-state index contributed by atoms with van der Waals surface area (Å²) in [7, 11) is 1.57. The second-order valence-electron chi connectivity index (χ2n) is 10.8. The van der Waals surface area contributed by atoms with Gasteiger partial charge in [0, 0.05) is 44.1 Å². The van der Waals surface area contributed by atoms with Crippen molar-refractivity contribution in [1.29, 1.82) is 0 Å². The molecular formula is C26H36FN5O3. The summed E-state index contributed by atoms with van der Waals surface area (Å²) >= 11 is 0. The van der Waals surface area contributed by atoms with Crippen LogP contribution < -0.4 is 10.1 Å². The Morgan fingerprint density at radius 2 is 2.00 bits per heavy atom. The molecule has 2 saturated heterocycles. The third kappa shape index (κ3) is 4.53. The van der Waals surface area contributed by atoms with Gasteiger partial charge in [0.2, 0.25) is 11.9 Å². The number of ether oxygens (including phenoxy) is 2. The lowest BCUT2D eigenvalue weighted by Crippen LogP contribution is -2.31. The predicted molar refractivity (Wildman–Crippen MR) is 133 cm³/mol. The van der Waals surface area contributed by atoms with Gasteiger partial charge in [0.15, 0.2) is 0 Å². The van der Waals surface area contributed by atoms with Crippen LogP contribution in [0.1, 0.15) is 60.9 Å². The van der Waals surface area contributed by atoms with Crippen molar-refractivity contribution in [2.75, 3.05) is 6.54 Å². The highest BCUT2D eigenvalue weighted by Crippen LogP contribution is 2.45. The van der Waals surface area contributed by atoms with Crippen molar-refractivity contribution >= 4 is 16.8 Å². The van der Waals surface area contributed by atoms with Crippen molar-refractivity contribution < 1.29 is 18.7 Å². The molecule has 190 valence electrons. The molecule has 5 rings (SSSR count). The van der Waals surface area contributed by atoms with Crippen LogP contribution in [0.25, 0.3) is 22.0 Å². The Morgan fingerprint density at radius 3 is 2.63 bits per heavy atom. The van der Waals surface area contributed by atoms with Gasteiger partial charge in [-0.15, -0.1) is 0 Å². The monoisotopic (exact) mass is 485 g/mol. The average Bonchev–Trinajstić information content (AvgIpc) is 3.48. The number of amides is 1. The van der Waals surface area contributed by atoms with Crippen molar-refractivity contribution in [3.8, 4) is 16.9 Å². The Morgan fingerprint density at radius 1 is 1.26 bits per heavy atom. The molecule has 3 aromatic rings. The first-order valence-corrected chi connectivity index (χ1v) is 11.8. The summed E-state index contributed by atoms with van der Waals surface area (Å²) < 4.78 is 30.6. The van der Waals surface area contributed by atoms with E-state index in [0.717, 1.165) is 17.5 Å². The van der Waals surface area contributed by atoms with Crippen molar-refractivity contribution in [1.82, 2.24) is 24.9 Å². The summed E-state index contributed by atoms with van der Waals surface area (Å²) in [6, 6.07) is 3.79. The number of fused-ring (bicyclic) bond motifs is 1. The number of hydrogen-bond donors (Lipinski definition) is 1. The molecule has 1 aromatic carbocycles. The van der Waals surface area contributed by atoms with E-state index in [-0.39, 0.29) is 42.6 Å². The number of nitrogens with one attached hydrogen (secondary N) is 1. The SMILES string of the molecule is C.C[C@@H](Oc1cc(-c2cnn(C3CC(C)(C)OC3(C)C)c2)cc2nn(C)c(F)c12)[C@H]1CNC(=O)C1. The number of halogens is 1. The first-order chi connectivity index (χ1) is 15.9. The maximum atomic E-state index is 14.9. The third-order valence-corrected chi connectivity index (χ3v) is 7.10. The summed E-state index contributed by atoms with van der Waals surface area (Å²) in [5.74, 6) is 0.0125. The Hall–Kier alpha value is -2.94. The first kappa shape index (κ1) is 25.2. The topological polar surface area (TPSA) is 83.2 Å². The Bertz CT molecular complexity index is 1260. The fourth-order valence-corrected chi connectivity index (χ4v) is 5.37. The van der Waals surface area contributed by atoms with Crippen LogP contribution >= 0.6 is 0 Å². The van der Waals surface area contributed by atoms with E-state index in [0.29, 0.717) is 29.6 Å². The standard InChI is InChI=1S/C25H32FN5O3.CH4/c1-14(16-9-21(32)27-11-16)33-19-8-15(7-18-22(19)23(26)30(6)29-18)17-12-28-31(13-17)20-10-24(2,3)34-25(20,4)5;/h7-8,12-14,16,20H,9-11H2,1-6H3,(H,27,32);1H4/t14-,16-,20?;/m1./s1. The second kappa shape index (κ2) is 8.62. The van der Waals surface area contributed by atoms with Crippen LogP contribution in [-0.4, -0.2) is 49.3 Å². The van der Waals surface area contributed by atoms with Crippen molar-refractivity contribution in [2.24, 2.45) is 13.0 Å². The molecule has 0 bridgehead atoms. The molecule has 9 heteroatoms. The zero-order chi connectivity index (χ0) is 24.4. The number of nitrogens with zero attached hydrogens (tertiary/aromatic N) is 4. The molecule has 1 unspecified atom stereocenters. The van der Waals surface area contributed by atoms with Gasteiger partial charge in [0.25, 0.3) is 0 Å². The van der Waals surface area contributed by atoms with Gasteiger partial charge in [-0.05, 0) is 52.3 Å². The summed E-state index contributed by atoms with van der Waals surface area (Å²) in [5, 5.41) is 12.2. The fourth-order valence-electron chi connectivity index (χ4n) is 5.37. The second-order valence-corrected chi connectivity index (χ2v) is 10.8. The molecule has 4 heterocycles. The van der Waals surface area contributed by atoms with E-state index in [9.17, 15) is 9.18 Å². The molecule has 2 fully saturated rings. The van der Waals surface area contributed by atoms with E-state index in [1.54, 1.807) is 7.05 Å². The van der Waals surface area contributed by atoms with Crippen LogP contribution in [0.4, 0.5) is 4.39 Å². The molecule has 1 amide bonds. The zero-order valence-corrected chi connectivity index (χ0v) is 20.6. The molecule has 0 aliphatic carbocycles. The third-order valence-electron chi connectivity index (χ3n) is 7.10. The van der Waals surface area contributed by atoms with Gasteiger partial charge in [-0.2, -0.15) is 14.6 Å². The zero-order valence-electron chi connectivity index (χ0n) is 20.6. The van der Waals surface area contributed by atoms with Crippen LogP contribution in [0.2, 0.25) is 0 Å². The van der Waals surface area contributed by atoms with Gasteiger partial charge in [-0.1, -0.05) is 7.43 Å². The maximum absolute atomic E-state index is 14.9. The number of aryl methyl sites for hydroxylation is 1. The smallest absolute Gasteiger partial charge is 0.222 e. The Balaban J connectivity index is 0.00000289. The Kier molecular flexibility index (Phi) is 6.20. The van der Waals surface area contributed by atoms with Gasteiger partial charge in [-0.3, -0.25) is 9.48 Å². The molecule has 8 nitrogen and oxygen atoms in total. The summed E-state index contributed by atoms with van der Waals surface area (Å²) in [4.78, 5) is 11.7. The van der Waals surface area contributed by atoms with Crippen LogP contribution in [0.3, 0.4) is 0 Å². The van der Waals surface area contributed by atoms with Crippen LogP contribution in [-0.2, 0) is 16.6 Å². The number of rotatable bonds is 5. The highest BCUT2D eigenvalue weighted by Gasteiger charge is 2.47. The van der Waals surface area contributed by atoms with E-state index in [1.165, 1.54) is 4.68 Å². The molecule has 0 saturated carbocycles. The van der Waals surface area contributed by atoms with Crippen LogP contribution in [0, 0.1) is 11.9 Å². The van der Waals surface area contributed by atoms with E-state index in [4.69, 9.17) is 9.47 Å². The average molecular weight is 486 g/mol. The summed E-state index contributed by atoms with van der Waals surface area (Å²) in [6.07, 6.45) is 4.81. The lowest BCUT2D eigenvalue weighted by atomic mass is 9.94. The van der Waals surface area contributed by atoms with Gasteiger partial charge >= 0.3 is 0 Å². The lowest BCUT2D eigenvalue weighted by molar-refractivity contribution is -0.119. The number of hydrogen-bond acceptors (Lipinski definition) is 5. The molecule has 2 aromatic heterocycles. The molecule has 35 heavy (non-hydrogen) atoms. The minimum Gasteiger partial charge on any atom is -0.489 e.